The van der Waals surface area contributed by atoms with Crippen molar-refractivity contribution in [2.24, 2.45) is 0 Å². The molecule has 1 aliphatic heterocycles. The van der Waals surface area contributed by atoms with E-state index in [-0.39, 0.29) is 34.6 Å². The Bertz CT molecular complexity index is 1480. The number of benzene rings is 1. The van der Waals surface area contributed by atoms with Crippen molar-refractivity contribution in [2.45, 2.75) is 6.92 Å². The number of aromatic nitrogens is 1. The molecule has 0 saturated carbocycles. The number of hydrogen-bond acceptors (Lipinski definition) is 8. The molecular formula is C25H22N6O3S. The fraction of sp³-hybridized carbons (Fsp3) is 0.200. The fourth-order valence-electron chi connectivity index (χ4n) is 4.26. The van der Waals surface area contributed by atoms with Crippen LogP contribution < -0.4 is 11.5 Å². The van der Waals surface area contributed by atoms with Gasteiger partial charge < -0.3 is 25.7 Å². The number of carbonyl (C=O) groups is 2. The van der Waals surface area contributed by atoms with E-state index < -0.39 is 0 Å². The molecule has 0 bridgehead atoms. The van der Waals surface area contributed by atoms with Crippen LogP contribution in [0.2, 0.25) is 0 Å². The number of hydrogen-bond donors (Lipinski definition) is 2. The monoisotopic (exact) mass is 486 g/mol. The van der Waals surface area contributed by atoms with Crippen LogP contribution in [0.15, 0.2) is 47.1 Å². The highest BCUT2D eigenvalue weighted by Crippen LogP contribution is 2.43. The van der Waals surface area contributed by atoms with E-state index in [0.29, 0.717) is 46.8 Å². The molecule has 0 spiro atoms. The maximum absolute atomic E-state index is 13.4. The molecule has 5 rings (SSSR count). The molecule has 4 aromatic rings. The Morgan fingerprint density at radius 1 is 1.06 bits per heavy atom. The maximum Gasteiger partial charge on any atom is 0.289 e. The normalized spacial score (nSPS) is 13.7. The summed E-state index contributed by atoms with van der Waals surface area (Å²) in [6.07, 6.45) is 1.46. The molecule has 4 N–H and O–H groups in total. The molecule has 1 fully saturated rings. The zero-order valence-electron chi connectivity index (χ0n) is 18.9. The molecule has 4 heterocycles. The number of amides is 2. The summed E-state index contributed by atoms with van der Waals surface area (Å²) < 4.78 is 5.20. The van der Waals surface area contributed by atoms with Crippen LogP contribution in [0.1, 0.15) is 31.4 Å². The number of fused-ring (bicyclic) bond motifs is 1. The minimum atomic E-state index is -0.234. The first-order chi connectivity index (χ1) is 16.9. The van der Waals surface area contributed by atoms with Gasteiger partial charge in [0.1, 0.15) is 27.2 Å². The number of nitrogens with two attached hydrogens (primary N) is 2. The van der Waals surface area contributed by atoms with Gasteiger partial charge >= 0.3 is 0 Å². The molecule has 1 saturated heterocycles. The largest absolute Gasteiger partial charge is 0.459 e. The van der Waals surface area contributed by atoms with Crippen molar-refractivity contribution < 1.29 is 14.0 Å². The van der Waals surface area contributed by atoms with Crippen LogP contribution in [0.3, 0.4) is 0 Å². The molecule has 176 valence electrons. The van der Waals surface area contributed by atoms with E-state index in [9.17, 15) is 14.9 Å². The number of anilines is 2. The standard InChI is InChI=1S/C25H22N6O3S/c1-14-4-6-15(7-5-14)18-16(13-26)22(28)29-23-19(18)20(27)21(35-23)25(33)31-10-8-30(9-11-31)24(32)17-3-2-12-34-17/h2-7,12H,8-11,27H2,1H3,(H2,28,29). The Morgan fingerprint density at radius 2 is 1.71 bits per heavy atom. The molecule has 0 aliphatic carbocycles. The van der Waals surface area contributed by atoms with Crippen molar-refractivity contribution in [1.29, 1.82) is 5.26 Å². The van der Waals surface area contributed by atoms with E-state index in [1.165, 1.54) is 6.26 Å². The zero-order valence-corrected chi connectivity index (χ0v) is 19.8. The van der Waals surface area contributed by atoms with E-state index in [2.05, 4.69) is 11.1 Å². The Kier molecular flexibility index (Phi) is 5.62. The summed E-state index contributed by atoms with van der Waals surface area (Å²) in [5.74, 6) is -0.0579. The van der Waals surface area contributed by atoms with Crippen LogP contribution in [0.4, 0.5) is 11.5 Å². The van der Waals surface area contributed by atoms with Crippen LogP contribution in [0.5, 0.6) is 0 Å². The molecule has 1 aromatic carbocycles. The number of nitriles is 1. The van der Waals surface area contributed by atoms with Gasteiger partial charge in [-0.3, -0.25) is 9.59 Å². The third-order valence-electron chi connectivity index (χ3n) is 6.14. The second kappa shape index (κ2) is 8.77. The number of rotatable bonds is 3. The van der Waals surface area contributed by atoms with Gasteiger partial charge in [-0.2, -0.15) is 5.26 Å². The number of pyridine rings is 1. The average molecular weight is 487 g/mol. The molecule has 0 radical (unpaired) electrons. The van der Waals surface area contributed by atoms with E-state index >= 15 is 0 Å². The van der Waals surface area contributed by atoms with E-state index in [4.69, 9.17) is 15.9 Å². The SMILES string of the molecule is Cc1ccc(-c2c(C#N)c(N)nc3sc(C(=O)N4CCN(C(=O)c5ccco5)CC4)c(N)c23)cc1. The second-order valence-corrected chi connectivity index (χ2v) is 9.31. The quantitative estimate of drug-likeness (QED) is 0.451. The molecule has 0 atom stereocenters. The molecule has 35 heavy (non-hydrogen) atoms. The lowest BCUT2D eigenvalue weighted by molar-refractivity contribution is 0.0521. The zero-order chi connectivity index (χ0) is 24.7. The first kappa shape index (κ1) is 22.4. The van der Waals surface area contributed by atoms with Gasteiger partial charge in [-0.1, -0.05) is 29.8 Å². The van der Waals surface area contributed by atoms with E-state index in [1.54, 1.807) is 21.9 Å². The smallest absolute Gasteiger partial charge is 0.289 e. The summed E-state index contributed by atoms with van der Waals surface area (Å²) in [5.41, 5.74) is 15.6. The lowest BCUT2D eigenvalue weighted by Gasteiger charge is -2.34. The van der Waals surface area contributed by atoms with Crippen molar-refractivity contribution in [3.05, 3.63) is 64.4 Å². The minimum absolute atomic E-state index is 0.0980. The van der Waals surface area contributed by atoms with Gasteiger partial charge in [0.15, 0.2) is 5.76 Å². The van der Waals surface area contributed by atoms with Crippen molar-refractivity contribution >= 4 is 44.9 Å². The van der Waals surface area contributed by atoms with Crippen molar-refractivity contribution in [2.75, 3.05) is 37.6 Å². The van der Waals surface area contributed by atoms with Crippen LogP contribution in [0.25, 0.3) is 21.3 Å². The summed E-state index contributed by atoms with van der Waals surface area (Å²) >= 11 is 1.16. The van der Waals surface area contributed by atoms with E-state index in [1.807, 2.05) is 31.2 Å². The van der Waals surface area contributed by atoms with Gasteiger partial charge in [-0.15, -0.1) is 11.3 Å². The molecule has 1 aliphatic rings. The molecule has 2 amide bonds. The lowest BCUT2D eigenvalue weighted by atomic mass is 9.96. The minimum Gasteiger partial charge on any atom is -0.459 e. The molecular weight excluding hydrogens is 464 g/mol. The first-order valence-electron chi connectivity index (χ1n) is 11.0. The Labute approximate surface area is 205 Å². The Morgan fingerprint density at radius 3 is 2.31 bits per heavy atom. The first-order valence-corrected chi connectivity index (χ1v) is 11.8. The number of carbonyl (C=O) groups excluding carboxylic acids is 2. The predicted molar refractivity (Wildman–Crippen MR) is 134 cm³/mol. The van der Waals surface area contributed by atoms with Crippen molar-refractivity contribution in [3.63, 3.8) is 0 Å². The Balaban J connectivity index is 1.48. The topological polar surface area (TPSA) is 142 Å². The highest BCUT2D eigenvalue weighted by molar-refractivity contribution is 7.21. The second-order valence-electron chi connectivity index (χ2n) is 8.31. The Hall–Kier alpha value is -4.36. The van der Waals surface area contributed by atoms with Gasteiger partial charge in [0.05, 0.1) is 12.0 Å². The third kappa shape index (κ3) is 3.86. The highest BCUT2D eigenvalue weighted by atomic mass is 32.1. The number of aryl methyl sites for hydroxylation is 1. The number of piperazine rings is 1. The van der Waals surface area contributed by atoms with Crippen LogP contribution in [0, 0.1) is 18.3 Å². The van der Waals surface area contributed by atoms with Crippen LogP contribution in [-0.4, -0.2) is 52.8 Å². The summed E-state index contributed by atoms with van der Waals surface area (Å²) in [5, 5.41) is 10.4. The summed E-state index contributed by atoms with van der Waals surface area (Å²) in [6, 6.07) is 13.1. The number of nitrogen functional groups attached to an aromatic ring is 2. The average Bonchev–Trinajstić information content (AvgIpc) is 3.51. The van der Waals surface area contributed by atoms with Crippen LogP contribution in [-0.2, 0) is 0 Å². The van der Waals surface area contributed by atoms with E-state index in [0.717, 1.165) is 22.5 Å². The summed E-state index contributed by atoms with van der Waals surface area (Å²) in [6.45, 7) is 3.47. The van der Waals surface area contributed by atoms with Gasteiger partial charge in [-0.25, -0.2) is 4.98 Å². The maximum atomic E-state index is 13.4. The third-order valence-corrected chi connectivity index (χ3v) is 7.22. The summed E-state index contributed by atoms with van der Waals surface area (Å²) in [7, 11) is 0. The number of thiophene rings is 1. The molecule has 9 nitrogen and oxygen atoms in total. The highest BCUT2D eigenvalue weighted by Gasteiger charge is 2.30. The van der Waals surface area contributed by atoms with Crippen molar-refractivity contribution in [1.82, 2.24) is 14.8 Å². The fourth-order valence-corrected chi connectivity index (χ4v) is 5.34. The van der Waals surface area contributed by atoms with Crippen LogP contribution >= 0.6 is 11.3 Å². The van der Waals surface area contributed by atoms with Gasteiger partial charge in [0.2, 0.25) is 0 Å². The lowest BCUT2D eigenvalue weighted by Crippen LogP contribution is -2.50. The molecule has 10 heteroatoms. The summed E-state index contributed by atoms with van der Waals surface area (Å²) in [4.78, 5) is 34.5. The van der Waals surface area contributed by atoms with Gasteiger partial charge in [-0.05, 0) is 24.6 Å². The molecule has 3 aromatic heterocycles. The van der Waals surface area contributed by atoms with Crippen molar-refractivity contribution in [3.8, 4) is 17.2 Å². The van der Waals surface area contributed by atoms with Gasteiger partial charge in [0, 0.05) is 37.1 Å². The molecule has 0 unspecified atom stereocenters. The number of furan rings is 1. The van der Waals surface area contributed by atoms with Gasteiger partial charge in [0.25, 0.3) is 11.8 Å². The number of nitrogens with zero attached hydrogens (tertiary/aromatic N) is 4. The predicted octanol–water partition coefficient (Wildman–Crippen LogP) is 3.50.